The molecule has 1 unspecified atom stereocenters. The third kappa shape index (κ3) is 4.56. The molecule has 21 heavy (non-hydrogen) atoms. The molecule has 116 valence electrons. The van der Waals surface area contributed by atoms with E-state index in [2.05, 4.69) is 14.7 Å². The van der Waals surface area contributed by atoms with E-state index in [9.17, 15) is 4.79 Å². The van der Waals surface area contributed by atoms with Crippen molar-refractivity contribution in [1.29, 1.82) is 0 Å². The molecule has 0 N–H and O–H groups in total. The molecule has 1 fully saturated rings. The van der Waals surface area contributed by atoms with Gasteiger partial charge >= 0.3 is 5.97 Å². The summed E-state index contributed by atoms with van der Waals surface area (Å²) >= 11 is 0. The quantitative estimate of drug-likeness (QED) is 0.751. The smallest absolute Gasteiger partial charge is 0.308 e. The summed E-state index contributed by atoms with van der Waals surface area (Å²) in [6.07, 6.45) is 1.76. The molecule has 2 rings (SSSR count). The maximum absolute atomic E-state index is 11.3. The summed E-state index contributed by atoms with van der Waals surface area (Å²) in [5, 5.41) is 0. The maximum Gasteiger partial charge on any atom is 0.308 e. The zero-order valence-corrected chi connectivity index (χ0v) is 12.6. The monoisotopic (exact) mass is 295 g/mol. The number of hydrogen-bond acceptors (Lipinski definition) is 7. The Morgan fingerprint density at radius 2 is 2.38 bits per heavy atom. The summed E-state index contributed by atoms with van der Waals surface area (Å²) in [4.78, 5) is 22.0. The summed E-state index contributed by atoms with van der Waals surface area (Å²) in [5.74, 6) is 0.858. The van der Waals surface area contributed by atoms with Gasteiger partial charge < -0.3 is 19.1 Å². The first-order chi connectivity index (χ1) is 10.1. The summed E-state index contributed by atoms with van der Waals surface area (Å²) in [6.45, 7) is 5.66. The highest BCUT2D eigenvalue weighted by atomic mass is 16.5. The van der Waals surface area contributed by atoms with E-state index in [1.165, 1.54) is 7.11 Å². The largest absolute Gasteiger partial charge is 0.475 e. The zero-order valence-electron chi connectivity index (χ0n) is 12.6. The Morgan fingerprint density at radius 3 is 3.10 bits per heavy atom. The fraction of sp³-hybridized carbons (Fsp3) is 0.643. The molecule has 0 radical (unpaired) electrons. The molecule has 0 bridgehead atoms. The number of aromatic nitrogens is 2. The van der Waals surface area contributed by atoms with Crippen LogP contribution >= 0.6 is 0 Å². The van der Waals surface area contributed by atoms with E-state index in [0.29, 0.717) is 31.5 Å². The fourth-order valence-corrected chi connectivity index (χ4v) is 2.09. The molecule has 0 aromatic carbocycles. The second-order valence-electron chi connectivity index (χ2n) is 5.08. The Labute approximate surface area is 124 Å². The highest BCUT2D eigenvalue weighted by molar-refractivity contribution is 5.69. The lowest BCUT2D eigenvalue weighted by Crippen LogP contribution is -2.44. The van der Waals surface area contributed by atoms with Crippen LogP contribution in [0.25, 0.3) is 0 Å². The van der Waals surface area contributed by atoms with Gasteiger partial charge in [0.05, 0.1) is 32.3 Å². The Balaban J connectivity index is 2.02. The van der Waals surface area contributed by atoms with Crippen molar-refractivity contribution >= 4 is 11.9 Å². The number of ether oxygens (including phenoxy) is 3. The predicted molar refractivity (Wildman–Crippen MR) is 76.4 cm³/mol. The van der Waals surface area contributed by atoms with E-state index in [1.54, 1.807) is 12.3 Å². The van der Waals surface area contributed by atoms with E-state index in [0.717, 1.165) is 0 Å². The number of esters is 1. The van der Waals surface area contributed by atoms with Crippen LogP contribution in [0, 0.1) is 0 Å². The van der Waals surface area contributed by atoms with Gasteiger partial charge in [-0.15, -0.1) is 0 Å². The third-order valence-corrected chi connectivity index (χ3v) is 3.02. The van der Waals surface area contributed by atoms with Crippen molar-refractivity contribution in [2.75, 3.05) is 31.7 Å². The topological polar surface area (TPSA) is 73.8 Å². The SMILES string of the molecule is COC(=O)CC1CN(c2nccc(OC(C)C)n2)CCO1. The van der Waals surface area contributed by atoms with Gasteiger partial charge in [-0.05, 0) is 13.8 Å². The molecule has 2 heterocycles. The van der Waals surface area contributed by atoms with Gasteiger partial charge in [-0.25, -0.2) is 4.98 Å². The minimum absolute atomic E-state index is 0.0597. The molecule has 7 nitrogen and oxygen atoms in total. The molecule has 1 aliphatic rings. The standard InChI is InChI=1S/C14H21N3O4/c1-10(2)21-12-4-5-15-14(16-12)17-6-7-20-11(9-17)8-13(18)19-3/h4-5,10-11H,6-9H2,1-3H3. The van der Waals surface area contributed by atoms with Crippen LogP contribution in [-0.2, 0) is 14.3 Å². The van der Waals surface area contributed by atoms with E-state index in [1.807, 2.05) is 18.7 Å². The van der Waals surface area contributed by atoms with E-state index in [-0.39, 0.29) is 24.6 Å². The lowest BCUT2D eigenvalue weighted by atomic mass is 10.2. The van der Waals surface area contributed by atoms with Crippen molar-refractivity contribution in [1.82, 2.24) is 9.97 Å². The average molecular weight is 295 g/mol. The van der Waals surface area contributed by atoms with Crippen LogP contribution in [0.4, 0.5) is 5.95 Å². The second-order valence-corrected chi connectivity index (χ2v) is 5.08. The normalized spacial score (nSPS) is 18.7. The maximum atomic E-state index is 11.3. The number of rotatable bonds is 5. The van der Waals surface area contributed by atoms with Crippen LogP contribution in [0.15, 0.2) is 12.3 Å². The highest BCUT2D eigenvalue weighted by Crippen LogP contribution is 2.18. The number of nitrogens with zero attached hydrogens (tertiary/aromatic N) is 3. The van der Waals surface area contributed by atoms with Crippen molar-refractivity contribution in [2.45, 2.75) is 32.5 Å². The lowest BCUT2D eigenvalue weighted by molar-refractivity contribution is -0.144. The van der Waals surface area contributed by atoms with Gasteiger partial charge in [0.1, 0.15) is 0 Å². The Bertz CT molecular complexity index is 481. The molecule has 7 heteroatoms. The van der Waals surface area contributed by atoms with Gasteiger partial charge in [0, 0.05) is 25.4 Å². The van der Waals surface area contributed by atoms with E-state index in [4.69, 9.17) is 9.47 Å². The minimum atomic E-state index is -0.278. The van der Waals surface area contributed by atoms with Crippen LogP contribution in [0.2, 0.25) is 0 Å². The molecule has 0 aliphatic carbocycles. The van der Waals surface area contributed by atoms with Gasteiger partial charge in [-0.1, -0.05) is 0 Å². The Hall–Kier alpha value is -1.89. The molecule has 1 aliphatic heterocycles. The Kier molecular flexibility index (Phi) is 5.32. The summed E-state index contributed by atoms with van der Waals surface area (Å²) in [7, 11) is 1.37. The zero-order chi connectivity index (χ0) is 15.2. The molecule has 1 aromatic rings. The van der Waals surface area contributed by atoms with Crippen LogP contribution in [0.3, 0.4) is 0 Å². The number of methoxy groups -OCH3 is 1. The van der Waals surface area contributed by atoms with Crippen molar-refractivity contribution < 1.29 is 19.0 Å². The molecule has 1 saturated heterocycles. The molecule has 0 spiro atoms. The summed E-state index contributed by atoms with van der Waals surface area (Å²) in [6, 6.07) is 1.73. The number of hydrogen-bond donors (Lipinski definition) is 0. The Morgan fingerprint density at radius 1 is 1.57 bits per heavy atom. The molecule has 0 saturated carbocycles. The third-order valence-electron chi connectivity index (χ3n) is 3.02. The van der Waals surface area contributed by atoms with Gasteiger partial charge in [-0.3, -0.25) is 4.79 Å². The van der Waals surface area contributed by atoms with Gasteiger partial charge in [-0.2, -0.15) is 4.98 Å². The molecule has 1 atom stereocenters. The van der Waals surface area contributed by atoms with E-state index < -0.39 is 0 Å². The van der Waals surface area contributed by atoms with Crippen LogP contribution in [0.1, 0.15) is 20.3 Å². The van der Waals surface area contributed by atoms with Gasteiger partial charge in [0.25, 0.3) is 0 Å². The number of carbonyl (C=O) groups excluding carboxylic acids is 1. The molecule has 0 amide bonds. The molecule has 1 aromatic heterocycles. The van der Waals surface area contributed by atoms with Gasteiger partial charge in [0.2, 0.25) is 11.8 Å². The minimum Gasteiger partial charge on any atom is -0.475 e. The molecular weight excluding hydrogens is 274 g/mol. The predicted octanol–water partition coefficient (Wildman–Crippen LogP) is 1.03. The highest BCUT2D eigenvalue weighted by Gasteiger charge is 2.25. The number of anilines is 1. The lowest BCUT2D eigenvalue weighted by Gasteiger charge is -2.32. The van der Waals surface area contributed by atoms with Gasteiger partial charge in [0.15, 0.2) is 0 Å². The first-order valence-electron chi connectivity index (χ1n) is 7.01. The fourth-order valence-electron chi connectivity index (χ4n) is 2.09. The average Bonchev–Trinajstić information content (AvgIpc) is 2.47. The number of carbonyl (C=O) groups is 1. The summed E-state index contributed by atoms with van der Waals surface area (Å²) in [5.41, 5.74) is 0. The van der Waals surface area contributed by atoms with Crippen molar-refractivity contribution in [3.05, 3.63) is 12.3 Å². The second kappa shape index (κ2) is 7.21. The van der Waals surface area contributed by atoms with Crippen molar-refractivity contribution in [3.63, 3.8) is 0 Å². The van der Waals surface area contributed by atoms with Crippen molar-refractivity contribution in [3.8, 4) is 5.88 Å². The van der Waals surface area contributed by atoms with Crippen LogP contribution in [0.5, 0.6) is 5.88 Å². The van der Waals surface area contributed by atoms with Crippen LogP contribution in [-0.4, -0.2) is 55.0 Å². The first kappa shape index (κ1) is 15.5. The van der Waals surface area contributed by atoms with Crippen LogP contribution < -0.4 is 9.64 Å². The number of morpholine rings is 1. The van der Waals surface area contributed by atoms with E-state index >= 15 is 0 Å². The summed E-state index contributed by atoms with van der Waals surface area (Å²) < 4.78 is 15.8. The van der Waals surface area contributed by atoms with Crippen molar-refractivity contribution in [2.24, 2.45) is 0 Å². The molecular formula is C14H21N3O4. The first-order valence-corrected chi connectivity index (χ1v) is 7.01.